The van der Waals surface area contributed by atoms with Crippen molar-refractivity contribution in [1.29, 1.82) is 0 Å². The average molecular weight is 225 g/mol. The quantitative estimate of drug-likeness (QED) is 0.712. The Morgan fingerprint density at radius 1 is 1.40 bits per heavy atom. The Morgan fingerprint density at radius 2 is 1.90 bits per heavy atom. The summed E-state index contributed by atoms with van der Waals surface area (Å²) in [5.41, 5.74) is 0. The predicted octanol–water partition coefficient (Wildman–Crippen LogP) is 1.71. The minimum Gasteiger partial charge on any atom is -0.351 e. The van der Waals surface area contributed by atoms with E-state index in [1.807, 2.05) is 0 Å². The van der Waals surface area contributed by atoms with Gasteiger partial charge in [0, 0.05) is 12.4 Å². The van der Waals surface area contributed by atoms with Crippen molar-refractivity contribution in [2.45, 2.75) is 3.79 Å². The Kier molecular flexibility index (Phi) is 4.78. The summed E-state index contributed by atoms with van der Waals surface area (Å²) >= 11 is 20.8. The molecule has 0 aromatic rings. The molecule has 0 aliphatic heterocycles. The fourth-order valence-electron chi connectivity index (χ4n) is 0.261. The van der Waals surface area contributed by atoms with Crippen molar-refractivity contribution >= 4 is 52.3 Å². The van der Waals surface area contributed by atoms with Crippen molar-refractivity contribution in [3.63, 3.8) is 0 Å². The van der Waals surface area contributed by atoms with E-state index in [0.29, 0.717) is 12.4 Å². The fourth-order valence-corrected chi connectivity index (χ4v) is 0.556. The van der Waals surface area contributed by atoms with Crippen LogP contribution in [-0.4, -0.2) is 22.1 Å². The molecular weight excluding hydrogens is 220 g/mol. The Labute approximate surface area is 78.8 Å². The zero-order valence-corrected chi connectivity index (χ0v) is 7.86. The van der Waals surface area contributed by atoms with Gasteiger partial charge in [-0.3, -0.25) is 4.79 Å². The largest absolute Gasteiger partial charge is 0.351 e. The van der Waals surface area contributed by atoms with E-state index in [1.54, 1.807) is 0 Å². The molecule has 0 spiro atoms. The van der Waals surface area contributed by atoms with Gasteiger partial charge in [-0.1, -0.05) is 34.8 Å². The van der Waals surface area contributed by atoms with Crippen molar-refractivity contribution in [3.05, 3.63) is 0 Å². The van der Waals surface area contributed by atoms with Gasteiger partial charge in [0.15, 0.2) is 0 Å². The number of carbonyl (C=O) groups excluding carboxylic acids is 1. The van der Waals surface area contributed by atoms with Gasteiger partial charge < -0.3 is 5.32 Å². The smallest absolute Gasteiger partial charge is 0.272 e. The van der Waals surface area contributed by atoms with Crippen LogP contribution in [-0.2, 0) is 4.79 Å². The van der Waals surface area contributed by atoms with Crippen molar-refractivity contribution < 1.29 is 4.79 Å². The first-order valence-corrected chi connectivity index (χ1v) is 4.06. The van der Waals surface area contributed by atoms with E-state index in [4.69, 9.17) is 46.4 Å². The minimum absolute atomic E-state index is 0.298. The number of nitrogens with one attached hydrogen (secondary N) is 1. The van der Waals surface area contributed by atoms with Crippen LogP contribution in [0, 0.1) is 0 Å². The van der Waals surface area contributed by atoms with Crippen molar-refractivity contribution in [3.8, 4) is 0 Å². The normalized spacial score (nSPS) is 11.2. The molecule has 0 aromatic carbocycles. The van der Waals surface area contributed by atoms with E-state index in [-0.39, 0.29) is 0 Å². The van der Waals surface area contributed by atoms with Crippen LogP contribution in [0.2, 0.25) is 0 Å². The van der Waals surface area contributed by atoms with Gasteiger partial charge >= 0.3 is 0 Å². The van der Waals surface area contributed by atoms with Crippen molar-refractivity contribution in [2.24, 2.45) is 0 Å². The maximum Gasteiger partial charge on any atom is 0.272 e. The lowest BCUT2D eigenvalue weighted by Gasteiger charge is -2.09. The summed E-state index contributed by atoms with van der Waals surface area (Å²) in [5, 5.41) is 2.31. The molecule has 0 aliphatic rings. The molecule has 0 fully saturated rings. The van der Waals surface area contributed by atoms with Gasteiger partial charge in [-0.25, -0.2) is 0 Å². The lowest BCUT2D eigenvalue weighted by molar-refractivity contribution is -0.120. The van der Waals surface area contributed by atoms with Gasteiger partial charge in [0.25, 0.3) is 9.70 Å². The maximum absolute atomic E-state index is 10.7. The molecule has 2 nitrogen and oxygen atoms in total. The number of amides is 1. The van der Waals surface area contributed by atoms with Crippen molar-refractivity contribution in [2.75, 3.05) is 12.4 Å². The van der Waals surface area contributed by atoms with Crippen LogP contribution in [0.5, 0.6) is 0 Å². The van der Waals surface area contributed by atoms with E-state index in [0.717, 1.165) is 0 Å². The maximum atomic E-state index is 10.7. The molecule has 0 bridgehead atoms. The molecule has 0 unspecified atom stereocenters. The van der Waals surface area contributed by atoms with E-state index < -0.39 is 9.70 Å². The molecule has 0 saturated heterocycles. The molecule has 6 heteroatoms. The summed E-state index contributed by atoms with van der Waals surface area (Å²) in [7, 11) is 0. The Bertz CT molecular complexity index is 121. The summed E-state index contributed by atoms with van der Waals surface area (Å²) in [5.74, 6) is -0.356. The average Bonchev–Trinajstić information content (AvgIpc) is 1.80. The third kappa shape index (κ3) is 4.45. The summed E-state index contributed by atoms with van der Waals surface area (Å²) in [6, 6.07) is 0. The molecule has 0 aromatic heterocycles. The highest BCUT2D eigenvalue weighted by molar-refractivity contribution is 6.76. The number of alkyl halides is 4. The highest BCUT2D eigenvalue weighted by Gasteiger charge is 2.29. The van der Waals surface area contributed by atoms with Crippen LogP contribution < -0.4 is 5.32 Å². The standard InChI is InChI=1S/C4H5Cl4NO/c5-1-2-9-3(10)4(6,7)8/h1-2H2,(H,9,10). The third-order valence-electron chi connectivity index (χ3n) is 0.638. The van der Waals surface area contributed by atoms with Gasteiger partial charge in [0.1, 0.15) is 0 Å². The molecule has 60 valence electrons. The molecule has 1 N–H and O–H groups in total. The number of halogens is 4. The van der Waals surface area contributed by atoms with Gasteiger partial charge in [-0.2, -0.15) is 0 Å². The highest BCUT2D eigenvalue weighted by atomic mass is 35.6. The van der Waals surface area contributed by atoms with Crippen molar-refractivity contribution in [1.82, 2.24) is 5.32 Å². The second-order valence-electron chi connectivity index (χ2n) is 1.44. The predicted molar refractivity (Wildman–Crippen MR) is 44.0 cm³/mol. The first-order valence-electron chi connectivity index (χ1n) is 2.39. The van der Waals surface area contributed by atoms with E-state index >= 15 is 0 Å². The molecule has 1 amide bonds. The van der Waals surface area contributed by atoms with Gasteiger partial charge in [-0.15, -0.1) is 11.6 Å². The molecule has 10 heavy (non-hydrogen) atoms. The topological polar surface area (TPSA) is 29.1 Å². The van der Waals surface area contributed by atoms with Crippen LogP contribution in [0.4, 0.5) is 0 Å². The van der Waals surface area contributed by atoms with Crippen LogP contribution in [0.3, 0.4) is 0 Å². The van der Waals surface area contributed by atoms with E-state index in [2.05, 4.69) is 5.32 Å². The molecule has 0 atom stereocenters. The Morgan fingerprint density at radius 3 is 2.20 bits per heavy atom. The number of hydrogen-bond donors (Lipinski definition) is 1. The van der Waals surface area contributed by atoms with Crippen LogP contribution in [0.15, 0.2) is 0 Å². The monoisotopic (exact) mass is 223 g/mol. The van der Waals surface area contributed by atoms with Gasteiger partial charge in [0.2, 0.25) is 0 Å². The molecular formula is C4H5Cl4NO. The van der Waals surface area contributed by atoms with E-state index in [1.165, 1.54) is 0 Å². The SMILES string of the molecule is O=C(NCCCl)C(Cl)(Cl)Cl. The zero-order chi connectivity index (χ0) is 8.20. The molecule has 0 rings (SSSR count). The first kappa shape index (κ1) is 10.6. The van der Waals surface area contributed by atoms with Crippen LogP contribution >= 0.6 is 46.4 Å². The molecule has 0 radical (unpaired) electrons. The van der Waals surface area contributed by atoms with Gasteiger partial charge in [-0.05, 0) is 0 Å². The second-order valence-corrected chi connectivity index (χ2v) is 4.10. The molecule has 0 saturated carbocycles. The molecule has 0 heterocycles. The highest BCUT2D eigenvalue weighted by Crippen LogP contribution is 2.25. The lowest BCUT2D eigenvalue weighted by atomic mass is 10.6. The van der Waals surface area contributed by atoms with Gasteiger partial charge in [0.05, 0.1) is 0 Å². The van der Waals surface area contributed by atoms with Crippen LogP contribution in [0.1, 0.15) is 0 Å². The minimum atomic E-state index is -1.88. The molecule has 0 aliphatic carbocycles. The van der Waals surface area contributed by atoms with E-state index in [9.17, 15) is 4.79 Å². The second kappa shape index (κ2) is 4.50. The Balaban J connectivity index is 3.64. The lowest BCUT2D eigenvalue weighted by Crippen LogP contribution is -2.35. The Hall–Kier alpha value is 0.630. The van der Waals surface area contributed by atoms with Crippen LogP contribution in [0.25, 0.3) is 0 Å². The first-order chi connectivity index (χ1) is 4.48. The summed E-state index contributed by atoms with van der Waals surface area (Å²) in [6.07, 6.45) is 0. The number of hydrogen-bond acceptors (Lipinski definition) is 1. The summed E-state index contributed by atoms with van der Waals surface area (Å²) < 4.78 is -1.88. The third-order valence-corrected chi connectivity index (χ3v) is 1.34. The number of rotatable bonds is 2. The number of carbonyl (C=O) groups is 1. The zero-order valence-electron chi connectivity index (χ0n) is 4.83. The summed E-state index contributed by atoms with van der Waals surface area (Å²) in [6.45, 7) is 0.300. The summed E-state index contributed by atoms with van der Waals surface area (Å²) in [4.78, 5) is 10.7. The fraction of sp³-hybridized carbons (Fsp3) is 0.750.